The molecule has 1 fully saturated rings. The van der Waals surface area contributed by atoms with Crippen molar-refractivity contribution >= 4 is 27.5 Å². The molecule has 0 saturated heterocycles. The average Bonchev–Trinajstić information content (AvgIpc) is 3.10. The van der Waals surface area contributed by atoms with E-state index >= 15 is 0 Å². The molecule has 3 rings (SSSR count). The number of aromatic nitrogens is 3. The molecule has 0 spiro atoms. The van der Waals surface area contributed by atoms with Gasteiger partial charge in [0.2, 0.25) is 5.91 Å². The molecule has 1 N–H and O–H groups in total. The molecule has 2 heterocycles. The first-order valence-electron chi connectivity index (χ1n) is 6.70. The van der Waals surface area contributed by atoms with Crippen LogP contribution in [0.4, 0.5) is 5.69 Å². The quantitative estimate of drug-likeness (QED) is 0.937. The van der Waals surface area contributed by atoms with Crippen molar-refractivity contribution in [2.24, 2.45) is 5.92 Å². The molecule has 5 nitrogen and oxygen atoms in total. The van der Waals surface area contributed by atoms with E-state index in [4.69, 9.17) is 0 Å². The average molecular weight is 335 g/mol. The maximum atomic E-state index is 12.2. The summed E-state index contributed by atoms with van der Waals surface area (Å²) in [5.74, 6) is 0.847. The Bertz CT molecular complexity index is 619. The van der Waals surface area contributed by atoms with Crippen LogP contribution in [-0.2, 0) is 4.79 Å². The lowest BCUT2D eigenvalue weighted by molar-refractivity contribution is -0.119. The van der Waals surface area contributed by atoms with Gasteiger partial charge in [0, 0.05) is 18.3 Å². The molecule has 0 bridgehead atoms. The van der Waals surface area contributed by atoms with E-state index in [0.29, 0.717) is 11.5 Å². The summed E-state index contributed by atoms with van der Waals surface area (Å²) < 4.78 is 2.52. The predicted molar refractivity (Wildman–Crippen MR) is 79.6 cm³/mol. The Kier molecular flexibility index (Phi) is 3.82. The zero-order chi connectivity index (χ0) is 13.9. The van der Waals surface area contributed by atoms with Crippen molar-refractivity contribution in [1.82, 2.24) is 14.8 Å². The van der Waals surface area contributed by atoms with Crippen molar-refractivity contribution in [1.29, 1.82) is 0 Å². The van der Waals surface area contributed by atoms with Gasteiger partial charge in [-0.1, -0.05) is 12.8 Å². The van der Waals surface area contributed by atoms with Crippen LogP contribution in [0.2, 0.25) is 0 Å². The third-order valence-corrected chi connectivity index (χ3v) is 3.95. The van der Waals surface area contributed by atoms with Crippen molar-refractivity contribution in [2.45, 2.75) is 25.7 Å². The molecule has 0 atom stereocenters. The van der Waals surface area contributed by atoms with E-state index in [-0.39, 0.29) is 11.8 Å². The fourth-order valence-electron chi connectivity index (χ4n) is 2.52. The molecular weight excluding hydrogens is 320 g/mol. The summed E-state index contributed by atoms with van der Waals surface area (Å²) in [6.45, 7) is 0. The highest BCUT2D eigenvalue weighted by atomic mass is 79.9. The highest BCUT2D eigenvalue weighted by Crippen LogP contribution is 2.27. The lowest BCUT2D eigenvalue weighted by Gasteiger charge is -2.13. The van der Waals surface area contributed by atoms with Crippen LogP contribution >= 0.6 is 15.9 Å². The zero-order valence-electron chi connectivity index (χ0n) is 10.9. The molecule has 0 unspecified atom stereocenters. The van der Waals surface area contributed by atoms with E-state index in [2.05, 4.69) is 31.3 Å². The van der Waals surface area contributed by atoms with Crippen molar-refractivity contribution in [3.8, 4) is 5.82 Å². The minimum Gasteiger partial charge on any atom is -0.323 e. The zero-order valence-corrected chi connectivity index (χ0v) is 12.5. The normalized spacial score (nSPS) is 15.4. The first-order valence-corrected chi connectivity index (χ1v) is 7.50. The van der Waals surface area contributed by atoms with E-state index in [9.17, 15) is 4.79 Å². The second kappa shape index (κ2) is 5.75. The number of halogens is 1. The van der Waals surface area contributed by atoms with Crippen molar-refractivity contribution < 1.29 is 4.79 Å². The van der Waals surface area contributed by atoms with Crippen molar-refractivity contribution in [3.05, 3.63) is 35.2 Å². The Morgan fingerprint density at radius 1 is 1.40 bits per heavy atom. The third kappa shape index (κ3) is 2.75. The van der Waals surface area contributed by atoms with Gasteiger partial charge in [0.1, 0.15) is 0 Å². The lowest BCUT2D eigenvalue weighted by Crippen LogP contribution is -2.21. The number of nitrogens with one attached hydrogen (secondary N) is 1. The fourth-order valence-corrected chi connectivity index (χ4v) is 2.80. The molecule has 1 saturated carbocycles. The molecule has 1 aliphatic rings. The van der Waals surface area contributed by atoms with Crippen LogP contribution in [-0.4, -0.2) is 20.7 Å². The maximum Gasteiger partial charge on any atom is 0.227 e. The number of rotatable bonds is 3. The van der Waals surface area contributed by atoms with Crippen molar-refractivity contribution in [3.63, 3.8) is 0 Å². The predicted octanol–water partition coefficient (Wildman–Crippen LogP) is 3.16. The molecule has 2 aromatic heterocycles. The van der Waals surface area contributed by atoms with Crippen molar-refractivity contribution in [2.75, 3.05) is 5.32 Å². The minimum atomic E-state index is 0.0861. The number of hydrogen-bond acceptors (Lipinski definition) is 3. The largest absolute Gasteiger partial charge is 0.323 e. The van der Waals surface area contributed by atoms with Crippen LogP contribution in [0.1, 0.15) is 25.7 Å². The van der Waals surface area contributed by atoms with Crippen LogP contribution < -0.4 is 5.32 Å². The van der Waals surface area contributed by atoms with Gasteiger partial charge < -0.3 is 5.32 Å². The van der Waals surface area contributed by atoms with E-state index < -0.39 is 0 Å². The van der Waals surface area contributed by atoms with Gasteiger partial charge in [0.05, 0.1) is 16.4 Å². The second-order valence-corrected chi connectivity index (χ2v) is 5.86. The molecule has 1 amide bonds. The van der Waals surface area contributed by atoms with Gasteiger partial charge in [0.25, 0.3) is 0 Å². The summed E-state index contributed by atoms with van der Waals surface area (Å²) in [6.07, 6.45) is 9.44. The summed E-state index contributed by atoms with van der Waals surface area (Å²) >= 11 is 3.36. The van der Waals surface area contributed by atoms with Gasteiger partial charge in [-0.3, -0.25) is 4.79 Å². The van der Waals surface area contributed by atoms with Gasteiger partial charge >= 0.3 is 0 Å². The summed E-state index contributed by atoms with van der Waals surface area (Å²) in [4.78, 5) is 16.5. The first kappa shape index (κ1) is 13.3. The Hall–Kier alpha value is -1.69. The van der Waals surface area contributed by atoms with Crippen LogP contribution in [0.3, 0.4) is 0 Å². The van der Waals surface area contributed by atoms with Crippen LogP contribution in [0, 0.1) is 5.92 Å². The molecular formula is C14H15BrN4O. The molecule has 104 valence electrons. The summed E-state index contributed by atoms with van der Waals surface area (Å²) in [5, 5.41) is 7.19. The molecule has 20 heavy (non-hydrogen) atoms. The number of nitrogens with zero attached hydrogens (tertiary/aromatic N) is 3. The summed E-state index contributed by atoms with van der Waals surface area (Å²) in [6, 6.07) is 3.66. The van der Waals surface area contributed by atoms with E-state index in [1.165, 1.54) is 0 Å². The maximum absolute atomic E-state index is 12.2. The number of anilines is 1. The molecule has 2 aromatic rings. The van der Waals surface area contributed by atoms with E-state index in [1.807, 2.05) is 18.3 Å². The topological polar surface area (TPSA) is 59.8 Å². The highest BCUT2D eigenvalue weighted by molar-refractivity contribution is 9.10. The van der Waals surface area contributed by atoms with E-state index in [0.717, 1.165) is 30.2 Å². The standard InChI is InChI=1S/C14H15BrN4O/c15-11-8-17-19(9-11)13-12(6-3-7-16-13)18-14(20)10-4-1-2-5-10/h3,6-10H,1-2,4-5H2,(H,18,20). The van der Waals surface area contributed by atoms with Gasteiger partial charge in [-0.15, -0.1) is 0 Å². The number of pyridine rings is 1. The van der Waals surface area contributed by atoms with Crippen LogP contribution in [0.15, 0.2) is 35.2 Å². The monoisotopic (exact) mass is 334 g/mol. The first-order chi connectivity index (χ1) is 9.74. The molecule has 6 heteroatoms. The van der Waals surface area contributed by atoms with Gasteiger partial charge in [0.15, 0.2) is 5.82 Å². The second-order valence-electron chi connectivity index (χ2n) is 4.95. The molecule has 0 aliphatic heterocycles. The number of carbonyl (C=O) groups is 1. The Morgan fingerprint density at radius 3 is 2.90 bits per heavy atom. The Labute approximate surface area is 125 Å². The Balaban J connectivity index is 1.84. The van der Waals surface area contributed by atoms with Gasteiger partial charge in [-0.05, 0) is 40.9 Å². The van der Waals surface area contributed by atoms with E-state index in [1.54, 1.807) is 17.1 Å². The summed E-state index contributed by atoms with van der Waals surface area (Å²) in [5.41, 5.74) is 0.694. The van der Waals surface area contributed by atoms with Crippen LogP contribution in [0.5, 0.6) is 0 Å². The summed E-state index contributed by atoms with van der Waals surface area (Å²) in [7, 11) is 0. The molecule has 0 aromatic carbocycles. The van der Waals surface area contributed by atoms with Gasteiger partial charge in [-0.25, -0.2) is 9.67 Å². The number of amides is 1. The molecule has 0 radical (unpaired) electrons. The number of carbonyl (C=O) groups excluding carboxylic acids is 1. The third-order valence-electron chi connectivity index (χ3n) is 3.54. The fraction of sp³-hybridized carbons (Fsp3) is 0.357. The minimum absolute atomic E-state index is 0.0861. The lowest BCUT2D eigenvalue weighted by atomic mass is 10.1. The molecule has 1 aliphatic carbocycles. The Morgan fingerprint density at radius 2 is 2.20 bits per heavy atom. The SMILES string of the molecule is O=C(Nc1cccnc1-n1cc(Br)cn1)C1CCCC1. The van der Waals surface area contributed by atoms with Gasteiger partial charge in [-0.2, -0.15) is 5.10 Å². The highest BCUT2D eigenvalue weighted by Gasteiger charge is 2.23. The van der Waals surface area contributed by atoms with Crippen LogP contribution in [0.25, 0.3) is 5.82 Å². The number of hydrogen-bond donors (Lipinski definition) is 1. The smallest absolute Gasteiger partial charge is 0.227 e.